The Hall–Kier alpha value is -0.730. The van der Waals surface area contributed by atoms with Crippen LogP contribution in [0.5, 0.6) is 0 Å². The van der Waals surface area contributed by atoms with Gasteiger partial charge in [-0.1, -0.05) is 19.8 Å². The van der Waals surface area contributed by atoms with Gasteiger partial charge in [-0.3, -0.25) is 10.1 Å². The molecular formula is C12H24N2O5. The number of aliphatic hydroxyl groups is 4. The minimum Gasteiger partial charge on any atom is -0.395 e. The first-order chi connectivity index (χ1) is 9.02. The summed E-state index contributed by atoms with van der Waals surface area (Å²) in [6.45, 7) is 2.13. The highest BCUT2D eigenvalue weighted by atomic mass is 16.4. The molecule has 0 aromatic carbocycles. The van der Waals surface area contributed by atoms with Crippen LogP contribution < -0.4 is 10.6 Å². The van der Waals surface area contributed by atoms with E-state index in [1.807, 2.05) is 0 Å². The van der Waals surface area contributed by atoms with Crippen LogP contribution in [0, 0.1) is 0 Å². The number of aliphatic hydroxyl groups excluding tert-OH is 4. The van der Waals surface area contributed by atoms with Gasteiger partial charge in [-0.25, -0.2) is 0 Å². The van der Waals surface area contributed by atoms with Crippen molar-refractivity contribution in [2.75, 3.05) is 13.2 Å². The first kappa shape index (κ1) is 16.3. The molecule has 0 unspecified atom stereocenters. The zero-order valence-electron chi connectivity index (χ0n) is 11.1. The molecule has 1 saturated heterocycles. The first-order valence-electron chi connectivity index (χ1n) is 6.71. The number of hydrogen-bond donors (Lipinski definition) is 6. The highest BCUT2D eigenvalue weighted by molar-refractivity contribution is 5.82. The summed E-state index contributed by atoms with van der Waals surface area (Å²) < 4.78 is 0. The lowest BCUT2D eigenvalue weighted by molar-refractivity contribution is -0.145. The Labute approximate surface area is 112 Å². The second kappa shape index (κ2) is 7.76. The molecule has 0 radical (unpaired) electrons. The topological polar surface area (TPSA) is 122 Å². The monoisotopic (exact) mass is 276 g/mol. The summed E-state index contributed by atoms with van der Waals surface area (Å²) in [7, 11) is 0. The second-order valence-corrected chi connectivity index (χ2v) is 4.90. The van der Waals surface area contributed by atoms with Crippen molar-refractivity contribution in [3.05, 3.63) is 0 Å². The van der Waals surface area contributed by atoms with Crippen LogP contribution in [-0.2, 0) is 4.79 Å². The normalized spacial score (nSPS) is 35.1. The van der Waals surface area contributed by atoms with Crippen LogP contribution in [0.4, 0.5) is 0 Å². The lowest BCUT2D eigenvalue weighted by atomic mass is 9.90. The highest BCUT2D eigenvalue weighted by Gasteiger charge is 2.44. The van der Waals surface area contributed by atoms with Crippen molar-refractivity contribution >= 4 is 5.91 Å². The molecule has 1 aliphatic heterocycles. The maximum absolute atomic E-state index is 11.9. The van der Waals surface area contributed by atoms with E-state index in [1.54, 1.807) is 0 Å². The van der Waals surface area contributed by atoms with Crippen LogP contribution in [0.3, 0.4) is 0 Å². The summed E-state index contributed by atoms with van der Waals surface area (Å²) >= 11 is 0. The van der Waals surface area contributed by atoms with Crippen molar-refractivity contribution in [3.8, 4) is 0 Å². The molecule has 7 nitrogen and oxygen atoms in total. The van der Waals surface area contributed by atoms with Crippen molar-refractivity contribution in [1.82, 2.24) is 10.6 Å². The Morgan fingerprint density at radius 2 is 1.84 bits per heavy atom. The molecule has 1 rings (SSSR count). The van der Waals surface area contributed by atoms with Crippen LogP contribution in [0.25, 0.3) is 0 Å². The smallest absolute Gasteiger partial charge is 0.239 e. The number of nitrogens with one attached hydrogen (secondary N) is 2. The molecule has 19 heavy (non-hydrogen) atoms. The van der Waals surface area contributed by atoms with E-state index in [1.165, 1.54) is 0 Å². The van der Waals surface area contributed by atoms with E-state index in [-0.39, 0.29) is 0 Å². The SMILES string of the molecule is CCCCCNC(=O)[C@H]1N[C@H](CO)[C@@H](O)[C@H](O)[C@H]1O. The Morgan fingerprint density at radius 3 is 2.42 bits per heavy atom. The summed E-state index contributed by atoms with van der Waals surface area (Å²) in [6, 6.07) is -1.86. The van der Waals surface area contributed by atoms with Crippen LogP contribution in [0.2, 0.25) is 0 Å². The Bertz CT molecular complexity index is 287. The van der Waals surface area contributed by atoms with E-state index in [4.69, 9.17) is 5.11 Å². The van der Waals surface area contributed by atoms with Gasteiger partial charge < -0.3 is 25.7 Å². The molecule has 1 amide bonds. The number of piperidine rings is 1. The van der Waals surface area contributed by atoms with Crippen LogP contribution >= 0.6 is 0 Å². The summed E-state index contributed by atoms with van der Waals surface area (Å²) in [6.07, 6.45) is -1.27. The molecule has 112 valence electrons. The first-order valence-corrected chi connectivity index (χ1v) is 6.71. The molecule has 0 spiro atoms. The molecule has 0 saturated carbocycles. The van der Waals surface area contributed by atoms with E-state index in [0.29, 0.717) is 6.54 Å². The molecule has 0 aliphatic carbocycles. The second-order valence-electron chi connectivity index (χ2n) is 4.90. The molecule has 1 fully saturated rings. The van der Waals surface area contributed by atoms with Gasteiger partial charge in [0.1, 0.15) is 24.4 Å². The highest BCUT2D eigenvalue weighted by Crippen LogP contribution is 2.15. The lowest BCUT2D eigenvalue weighted by Crippen LogP contribution is -2.69. The molecule has 0 aromatic heterocycles. The molecule has 0 aromatic rings. The van der Waals surface area contributed by atoms with Crippen molar-refractivity contribution in [2.45, 2.75) is 56.6 Å². The fourth-order valence-corrected chi connectivity index (χ4v) is 2.15. The zero-order chi connectivity index (χ0) is 14.4. The van der Waals surface area contributed by atoms with Gasteiger partial charge in [-0.15, -0.1) is 0 Å². The largest absolute Gasteiger partial charge is 0.395 e. The maximum atomic E-state index is 11.9. The summed E-state index contributed by atoms with van der Waals surface area (Å²) in [5.74, 6) is -0.437. The van der Waals surface area contributed by atoms with Crippen LogP contribution in [0.15, 0.2) is 0 Å². The fraction of sp³-hybridized carbons (Fsp3) is 0.917. The predicted octanol–water partition coefficient (Wildman–Crippen LogP) is -2.29. The van der Waals surface area contributed by atoms with Crippen molar-refractivity contribution < 1.29 is 25.2 Å². The van der Waals surface area contributed by atoms with E-state index >= 15 is 0 Å². The van der Waals surface area contributed by atoms with Gasteiger partial charge in [0.25, 0.3) is 0 Å². The van der Waals surface area contributed by atoms with Gasteiger partial charge >= 0.3 is 0 Å². The summed E-state index contributed by atoms with van der Waals surface area (Å²) in [4.78, 5) is 11.9. The van der Waals surface area contributed by atoms with E-state index in [2.05, 4.69) is 17.6 Å². The number of rotatable bonds is 6. The minimum atomic E-state index is -1.45. The average Bonchev–Trinajstić information content (AvgIpc) is 2.41. The van der Waals surface area contributed by atoms with Gasteiger partial charge in [0.05, 0.1) is 12.6 Å². The molecule has 1 heterocycles. The minimum absolute atomic E-state index is 0.426. The third-order valence-electron chi connectivity index (χ3n) is 3.41. The van der Waals surface area contributed by atoms with Crippen LogP contribution in [-0.4, -0.2) is 69.9 Å². The lowest BCUT2D eigenvalue weighted by Gasteiger charge is -2.40. The fourth-order valence-electron chi connectivity index (χ4n) is 2.15. The van der Waals surface area contributed by atoms with Gasteiger partial charge in [0, 0.05) is 6.54 Å². The molecule has 7 heteroatoms. The van der Waals surface area contributed by atoms with Gasteiger partial charge in [-0.05, 0) is 6.42 Å². The Kier molecular flexibility index (Phi) is 6.67. The number of carbonyl (C=O) groups excluding carboxylic acids is 1. The third-order valence-corrected chi connectivity index (χ3v) is 3.41. The molecule has 6 N–H and O–H groups in total. The number of carbonyl (C=O) groups is 1. The number of hydrogen-bond acceptors (Lipinski definition) is 6. The average molecular weight is 276 g/mol. The van der Waals surface area contributed by atoms with Gasteiger partial charge in [0.2, 0.25) is 5.91 Å². The molecular weight excluding hydrogens is 252 g/mol. The van der Waals surface area contributed by atoms with Crippen molar-refractivity contribution in [3.63, 3.8) is 0 Å². The number of unbranched alkanes of at least 4 members (excludes halogenated alkanes) is 2. The van der Waals surface area contributed by atoms with E-state index in [9.17, 15) is 20.1 Å². The standard InChI is InChI=1S/C12H24N2O5/c1-2-3-4-5-13-12(19)8-10(17)11(18)9(16)7(6-15)14-8/h7-11,14-18H,2-6H2,1H3,(H,13,19)/t7-,8+,9-,10+,11+/m1/s1. The van der Waals surface area contributed by atoms with Gasteiger partial charge in [0.15, 0.2) is 0 Å². The van der Waals surface area contributed by atoms with Crippen molar-refractivity contribution in [2.24, 2.45) is 0 Å². The van der Waals surface area contributed by atoms with Gasteiger partial charge in [-0.2, -0.15) is 0 Å². The predicted molar refractivity (Wildman–Crippen MR) is 68.4 cm³/mol. The molecule has 5 atom stereocenters. The zero-order valence-corrected chi connectivity index (χ0v) is 11.1. The van der Waals surface area contributed by atoms with E-state index < -0.39 is 42.9 Å². The summed E-state index contributed by atoms with van der Waals surface area (Å²) in [5, 5.41) is 43.4. The van der Waals surface area contributed by atoms with E-state index in [0.717, 1.165) is 19.3 Å². The quantitative estimate of drug-likeness (QED) is 0.304. The van der Waals surface area contributed by atoms with Crippen molar-refractivity contribution in [1.29, 1.82) is 0 Å². The number of amides is 1. The Morgan fingerprint density at radius 1 is 1.16 bits per heavy atom. The van der Waals surface area contributed by atoms with Crippen LogP contribution in [0.1, 0.15) is 26.2 Å². The Balaban J connectivity index is 2.53. The molecule has 1 aliphatic rings. The molecule has 0 bridgehead atoms. The summed E-state index contributed by atoms with van der Waals surface area (Å²) in [5.41, 5.74) is 0. The third kappa shape index (κ3) is 4.12. The maximum Gasteiger partial charge on any atom is 0.239 e.